The molecule has 0 amide bonds. The quantitative estimate of drug-likeness (QED) is 0.404. The number of halogens is 1. The molecule has 0 spiro atoms. The third kappa shape index (κ3) is 6.95. The predicted molar refractivity (Wildman–Crippen MR) is 83.1 cm³/mol. The van der Waals surface area contributed by atoms with Gasteiger partial charge in [0.05, 0.1) is 18.8 Å². The highest BCUT2D eigenvalue weighted by molar-refractivity contribution is 5.87. The Kier molecular flexibility index (Phi) is 7.80. The molecule has 1 rings (SSSR count). The minimum absolute atomic E-state index is 0.0467. The Hall–Kier alpha value is -2.37. The largest absolute Gasteiger partial charge is 0.491 e. The molecule has 0 bridgehead atoms. The van der Waals surface area contributed by atoms with Crippen LogP contribution in [-0.4, -0.2) is 30.3 Å². The highest BCUT2D eigenvalue weighted by Crippen LogP contribution is 2.18. The monoisotopic (exact) mass is 324 g/mol. The third-order valence-corrected chi connectivity index (χ3v) is 3.06. The molecule has 0 aliphatic heterocycles. The molecule has 5 nitrogen and oxygen atoms in total. The maximum Gasteiger partial charge on any atom is 0.335 e. The zero-order chi connectivity index (χ0) is 17.2. The number of unbranched alkanes of at least 4 members (excludes halogenated alkanes) is 3. The van der Waals surface area contributed by atoms with Crippen LogP contribution in [0.5, 0.6) is 5.75 Å². The summed E-state index contributed by atoms with van der Waals surface area (Å²) >= 11 is 0. The van der Waals surface area contributed by atoms with Crippen LogP contribution < -0.4 is 4.74 Å². The second-order valence-electron chi connectivity index (χ2n) is 5.13. The molecule has 6 heteroatoms. The second kappa shape index (κ2) is 9.61. The molecule has 126 valence electrons. The molecular weight excluding hydrogens is 303 g/mol. The highest BCUT2D eigenvalue weighted by Gasteiger charge is 2.09. The first kappa shape index (κ1) is 18.7. The van der Waals surface area contributed by atoms with Crippen LogP contribution in [0.25, 0.3) is 0 Å². The minimum atomic E-state index is -1.18. The van der Waals surface area contributed by atoms with E-state index in [0.717, 1.165) is 31.7 Å². The molecule has 0 heterocycles. The van der Waals surface area contributed by atoms with Gasteiger partial charge in [-0.1, -0.05) is 6.58 Å². The van der Waals surface area contributed by atoms with Crippen LogP contribution in [0.1, 0.15) is 43.0 Å². The Morgan fingerprint density at radius 2 is 1.83 bits per heavy atom. The Morgan fingerprint density at radius 1 is 1.17 bits per heavy atom. The summed E-state index contributed by atoms with van der Waals surface area (Å²) in [6, 6.07) is 3.56. The van der Waals surface area contributed by atoms with E-state index in [2.05, 4.69) is 6.58 Å². The van der Waals surface area contributed by atoms with Gasteiger partial charge >= 0.3 is 11.9 Å². The van der Waals surface area contributed by atoms with E-state index in [0.29, 0.717) is 18.8 Å². The van der Waals surface area contributed by atoms with Crippen LogP contribution in [-0.2, 0) is 9.53 Å². The molecule has 1 aromatic carbocycles. The molecule has 0 aliphatic rings. The van der Waals surface area contributed by atoms with E-state index in [-0.39, 0.29) is 17.3 Å². The van der Waals surface area contributed by atoms with E-state index in [1.54, 1.807) is 6.92 Å². The van der Waals surface area contributed by atoms with E-state index in [4.69, 9.17) is 14.6 Å². The lowest BCUT2D eigenvalue weighted by Crippen LogP contribution is -2.06. The molecule has 0 unspecified atom stereocenters. The first-order chi connectivity index (χ1) is 10.9. The van der Waals surface area contributed by atoms with Crippen molar-refractivity contribution in [1.29, 1.82) is 0 Å². The molecule has 0 radical (unpaired) electrons. The summed E-state index contributed by atoms with van der Waals surface area (Å²) in [6.45, 7) is 5.79. The molecule has 0 aliphatic carbocycles. The van der Waals surface area contributed by atoms with E-state index in [1.165, 1.54) is 12.1 Å². The van der Waals surface area contributed by atoms with Crippen LogP contribution >= 0.6 is 0 Å². The number of rotatable bonds is 10. The van der Waals surface area contributed by atoms with Gasteiger partial charge in [-0.3, -0.25) is 0 Å². The number of hydrogen-bond donors (Lipinski definition) is 1. The van der Waals surface area contributed by atoms with Gasteiger partial charge in [0.15, 0.2) is 11.6 Å². The molecular formula is C17H21FO5. The lowest BCUT2D eigenvalue weighted by Gasteiger charge is -2.08. The van der Waals surface area contributed by atoms with Gasteiger partial charge in [-0.05, 0) is 50.8 Å². The van der Waals surface area contributed by atoms with Crippen molar-refractivity contribution in [1.82, 2.24) is 0 Å². The number of carboxylic acid groups (broad SMARTS) is 1. The number of ether oxygens (including phenoxy) is 2. The first-order valence-electron chi connectivity index (χ1n) is 7.40. The van der Waals surface area contributed by atoms with Crippen LogP contribution in [0.2, 0.25) is 0 Å². The lowest BCUT2D eigenvalue weighted by atomic mass is 10.2. The second-order valence-corrected chi connectivity index (χ2v) is 5.13. The number of carboxylic acids is 1. The number of benzene rings is 1. The van der Waals surface area contributed by atoms with Gasteiger partial charge in [0.1, 0.15) is 0 Å². The van der Waals surface area contributed by atoms with Gasteiger partial charge in [0, 0.05) is 5.57 Å². The van der Waals surface area contributed by atoms with Crippen molar-refractivity contribution >= 4 is 11.9 Å². The normalized spacial score (nSPS) is 10.2. The number of esters is 1. The van der Waals surface area contributed by atoms with Gasteiger partial charge in [-0.2, -0.15) is 0 Å². The number of hydrogen-bond acceptors (Lipinski definition) is 4. The molecule has 0 aromatic heterocycles. The molecule has 0 fully saturated rings. The maximum atomic E-state index is 13.6. The molecule has 0 atom stereocenters. The zero-order valence-corrected chi connectivity index (χ0v) is 13.1. The Bertz CT molecular complexity index is 568. The summed E-state index contributed by atoms with van der Waals surface area (Å²) in [7, 11) is 0. The SMILES string of the molecule is C=C(C)C(=O)OCCCCCCOc1ccc(C(=O)O)cc1F. The van der Waals surface area contributed by atoms with Crippen molar-refractivity contribution in [2.24, 2.45) is 0 Å². The summed E-state index contributed by atoms with van der Waals surface area (Å²) in [5.41, 5.74) is 0.272. The zero-order valence-electron chi connectivity index (χ0n) is 13.1. The molecule has 23 heavy (non-hydrogen) atoms. The summed E-state index contributed by atoms with van der Waals surface area (Å²) in [4.78, 5) is 21.8. The van der Waals surface area contributed by atoms with E-state index < -0.39 is 11.8 Å². The fourth-order valence-corrected chi connectivity index (χ4v) is 1.78. The highest BCUT2D eigenvalue weighted by atomic mass is 19.1. The van der Waals surface area contributed by atoms with Crippen LogP contribution in [0.15, 0.2) is 30.4 Å². The molecule has 1 N–H and O–H groups in total. The first-order valence-corrected chi connectivity index (χ1v) is 7.40. The number of carbonyl (C=O) groups excluding carboxylic acids is 1. The minimum Gasteiger partial charge on any atom is -0.491 e. The van der Waals surface area contributed by atoms with E-state index >= 15 is 0 Å². The lowest BCUT2D eigenvalue weighted by molar-refractivity contribution is -0.139. The van der Waals surface area contributed by atoms with Gasteiger partial charge < -0.3 is 14.6 Å². The predicted octanol–water partition coefficient (Wildman–Crippen LogP) is 3.58. The van der Waals surface area contributed by atoms with Crippen LogP contribution in [0, 0.1) is 5.82 Å². The van der Waals surface area contributed by atoms with Crippen molar-refractivity contribution in [2.45, 2.75) is 32.6 Å². The van der Waals surface area contributed by atoms with Crippen LogP contribution in [0.4, 0.5) is 4.39 Å². The van der Waals surface area contributed by atoms with Crippen molar-refractivity contribution in [2.75, 3.05) is 13.2 Å². The maximum absolute atomic E-state index is 13.6. The van der Waals surface area contributed by atoms with Crippen molar-refractivity contribution in [3.05, 3.63) is 41.7 Å². The summed E-state index contributed by atoms with van der Waals surface area (Å²) in [5.74, 6) is -2.20. The molecule has 1 aromatic rings. The Balaban J connectivity index is 2.15. The van der Waals surface area contributed by atoms with E-state index in [1.807, 2.05) is 0 Å². The Morgan fingerprint density at radius 3 is 2.39 bits per heavy atom. The smallest absolute Gasteiger partial charge is 0.335 e. The van der Waals surface area contributed by atoms with Gasteiger partial charge in [-0.25, -0.2) is 14.0 Å². The van der Waals surface area contributed by atoms with Crippen molar-refractivity contribution in [3.63, 3.8) is 0 Å². The molecule has 0 saturated carbocycles. The van der Waals surface area contributed by atoms with Gasteiger partial charge in [0.2, 0.25) is 0 Å². The topological polar surface area (TPSA) is 72.8 Å². The van der Waals surface area contributed by atoms with Crippen LogP contribution in [0.3, 0.4) is 0 Å². The van der Waals surface area contributed by atoms with Crippen molar-refractivity contribution in [3.8, 4) is 5.75 Å². The molecule has 0 saturated heterocycles. The average molecular weight is 324 g/mol. The van der Waals surface area contributed by atoms with Gasteiger partial charge in [-0.15, -0.1) is 0 Å². The van der Waals surface area contributed by atoms with Gasteiger partial charge in [0.25, 0.3) is 0 Å². The number of aromatic carboxylic acids is 1. The Labute approximate surface area is 134 Å². The van der Waals surface area contributed by atoms with E-state index in [9.17, 15) is 14.0 Å². The summed E-state index contributed by atoms with van der Waals surface area (Å²) < 4.78 is 23.8. The fraction of sp³-hybridized carbons (Fsp3) is 0.412. The summed E-state index contributed by atoms with van der Waals surface area (Å²) in [5, 5.41) is 8.74. The average Bonchev–Trinajstić information content (AvgIpc) is 2.50. The standard InChI is InChI=1S/C17H21FO5/c1-12(2)17(21)23-10-6-4-3-5-9-22-15-8-7-13(16(19)20)11-14(15)18/h7-8,11H,1,3-6,9-10H2,2H3,(H,19,20). The van der Waals surface area contributed by atoms with Crippen molar-refractivity contribution < 1.29 is 28.6 Å². The number of carbonyl (C=O) groups is 2. The summed E-state index contributed by atoms with van der Waals surface area (Å²) in [6.07, 6.45) is 3.21. The fourth-order valence-electron chi connectivity index (χ4n) is 1.78. The third-order valence-electron chi connectivity index (χ3n) is 3.06.